The number of aliphatic carboxylic acids is 1. The van der Waals surface area contributed by atoms with Gasteiger partial charge in [-0.25, -0.2) is 0 Å². The molecule has 0 heterocycles. The van der Waals surface area contributed by atoms with Crippen molar-refractivity contribution in [3.05, 3.63) is 0 Å². The Morgan fingerprint density at radius 2 is 1.94 bits per heavy atom. The van der Waals surface area contributed by atoms with E-state index < -0.39 is 5.97 Å². The van der Waals surface area contributed by atoms with Crippen molar-refractivity contribution in [1.82, 2.24) is 5.32 Å². The Kier molecular flexibility index (Phi) is 4.97. The van der Waals surface area contributed by atoms with Gasteiger partial charge in [-0.05, 0) is 25.2 Å². The highest BCUT2D eigenvalue weighted by molar-refractivity contribution is 5.80. The summed E-state index contributed by atoms with van der Waals surface area (Å²) in [7, 11) is 0. The molecule has 0 aromatic heterocycles. The molecule has 0 radical (unpaired) electrons. The van der Waals surface area contributed by atoms with E-state index in [1.807, 2.05) is 0 Å². The number of carboxylic acid groups (broad SMARTS) is 1. The maximum Gasteiger partial charge on any atom is 0.306 e. The average Bonchev–Trinajstić information content (AvgIpc) is 2.17. The minimum absolute atomic E-state index is 0.0591. The van der Waals surface area contributed by atoms with Crippen LogP contribution in [0.25, 0.3) is 0 Å². The van der Waals surface area contributed by atoms with Crippen molar-refractivity contribution in [2.45, 2.75) is 52.5 Å². The van der Waals surface area contributed by atoms with Crippen LogP contribution in [0.5, 0.6) is 0 Å². The van der Waals surface area contributed by atoms with Crippen molar-refractivity contribution in [1.29, 1.82) is 0 Å². The van der Waals surface area contributed by atoms with Crippen molar-refractivity contribution in [2.75, 3.05) is 0 Å². The number of rotatable bonds is 6. The van der Waals surface area contributed by atoms with Crippen LogP contribution in [-0.2, 0) is 9.59 Å². The molecule has 1 saturated carbocycles. The van der Waals surface area contributed by atoms with E-state index >= 15 is 0 Å². The number of carboxylic acids is 1. The zero-order valence-electron chi connectivity index (χ0n) is 10.9. The van der Waals surface area contributed by atoms with Gasteiger partial charge in [0.25, 0.3) is 0 Å². The summed E-state index contributed by atoms with van der Waals surface area (Å²) >= 11 is 0. The molecule has 4 heteroatoms. The summed E-state index contributed by atoms with van der Waals surface area (Å²) in [5.74, 6) is -0.515. The van der Waals surface area contributed by atoms with Crippen LogP contribution < -0.4 is 5.32 Å². The molecule has 17 heavy (non-hydrogen) atoms. The SMILES string of the molecule is CCCC(C(=O)NC1CC(C(=O)O)C1)C(C)C. The van der Waals surface area contributed by atoms with Crippen LogP contribution in [0, 0.1) is 17.8 Å². The third-order valence-electron chi connectivity index (χ3n) is 3.57. The molecule has 4 nitrogen and oxygen atoms in total. The second-order valence-corrected chi connectivity index (χ2v) is 5.35. The molecule has 0 spiro atoms. The summed E-state index contributed by atoms with van der Waals surface area (Å²) in [6.07, 6.45) is 3.06. The van der Waals surface area contributed by atoms with Crippen LogP contribution in [0.2, 0.25) is 0 Å². The molecule has 1 atom stereocenters. The first-order valence-electron chi connectivity index (χ1n) is 6.48. The van der Waals surface area contributed by atoms with E-state index in [0.29, 0.717) is 18.8 Å². The highest BCUT2D eigenvalue weighted by Gasteiger charge is 2.36. The van der Waals surface area contributed by atoms with Crippen molar-refractivity contribution >= 4 is 11.9 Å². The number of nitrogens with one attached hydrogen (secondary N) is 1. The maximum absolute atomic E-state index is 12.0. The Bertz CT molecular complexity index is 282. The summed E-state index contributed by atoms with van der Waals surface area (Å²) in [5.41, 5.74) is 0. The van der Waals surface area contributed by atoms with Gasteiger partial charge in [0.1, 0.15) is 0 Å². The van der Waals surface area contributed by atoms with E-state index in [9.17, 15) is 9.59 Å². The molecule has 1 aliphatic carbocycles. The van der Waals surface area contributed by atoms with Gasteiger partial charge in [-0.2, -0.15) is 0 Å². The fourth-order valence-electron chi connectivity index (χ4n) is 2.32. The average molecular weight is 241 g/mol. The molecule has 0 aliphatic heterocycles. The number of amides is 1. The van der Waals surface area contributed by atoms with E-state index in [1.165, 1.54) is 0 Å². The Morgan fingerprint density at radius 3 is 2.35 bits per heavy atom. The van der Waals surface area contributed by atoms with E-state index in [4.69, 9.17) is 5.11 Å². The van der Waals surface area contributed by atoms with Crippen molar-refractivity contribution in [3.63, 3.8) is 0 Å². The van der Waals surface area contributed by atoms with Gasteiger partial charge in [-0.3, -0.25) is 9.59 Å². The number of hydrogen-bond donors (Lipinski definition) is 2. The van der Waals surface area contributed by atoms with Crippen LogP contribution in [-0.4, -0.2) is 23.0 Å². The molecule has 2 N–H and O–H groups in total. The van der Waals surface area contributed by atoms with Crippen molar-refractivity contribution in [3.8, 4) is 0 Å². The molecule has 0 bridgehead atoms. The van der Waals surface area contributed by atoms with E-state index in [0.717, 1.165) is 12.8 Å². The summed E-state index contributed by atoms with van der Waals surface area (Å²) in [6, 6.07) is 0.0710. The first-order chi connectivity index (χ1) is 7.95. The topological polar surface area (TPSA) is 66.4 Å². The van der Waals surface area contributed by atoms with Gasteiger partial charge in [0.05, 0.1) is 5.92 Å². The lowest BCUT2D eigenvalue weighted by Gasteiger charge is -2.34. The van der Waals surface area contributed by atoms with Gasteiger partial charge in [-0.15, -0.1) is 0 Å². The zero-order chi connectivity index (χ0) is 13.0. The summed E-state index contributed by atoms with van der Waals surface area (Å²) in [4.78, 5) is 22.6. The molecule has 0 saturated heterocycles. The molecule has 1 fully saturated rings. The minimum atomic E-state index is -0.746. The van der Waals surface area contributed by atoms with Crippen LogP contribution in [0.3, 0.4) is 0 Å². The molecule has 0 aromatic carbocycles. The van der Waals surface area contributed by atoms with Gasteiger partial charge < -0.3 is 10.4 Å². The second-order valence-electron chi connectivity index (χ2n) is 5.35. The zero-order valence-corrected chi connectivity index (χ0v) is 10.9. The second kappa shape index (κ2) is 6.03. The maximum atomic E-state index is 12.0. The smallest absolute Gasteiger partial charge is 0.306 e. The quantitative estimate of drug-likeness (QED) is 0.747. The number of carbonyl (C=O) groups is 2. The van der Waals surface area contributed by atoms with Crippen LogP contribution in [0.15, 0.2) is 0 Å². The highest BCUT2D eigenvalue weighted by Crippen LogP contribution is 2.28. The lowest BCUT2D eigenvalue weighted by Crippen LogP contribution is -2.49. The predicted octanol–water partition coefficient (Wildman–Crippen LogP) is 2.04. The lowest BCUT2D eigenvalue weighted by atomic mass is 9.79. The van der Waals surface area contributed by atoms with E-state index in [-0.39, 0.29) is 23.8 Å². The van der Waals surface area contributed by atoms with Gasteiger partial charge >= 0.3 is 5.97 Å². The molecular formula is C13H23NO3. The van der Waals surface area contributed by atoms with Gasteiger partial charge in [-0.1, -0.05) is 27.2 Å². The van der Waals surface area contributed by atoms with Crippen LogP contribution in [0.4, 0.5) is 0 Å². The van der Waals surface area contributed by atoms with Gasteiger partial charge in [0.2, 0.25) is 5.91 Å². The Hall–Kier alpha value is -1.06. The van der Waals surface area contributed by atoms with Crippen LogP contribution in [0.1, 0.15) is 46.5 Å². The third-order valence-corrected chi connectivity index (χ3v) is 3.57. The standard InChI is InChI=1S/C13H23NO3/c1-4-5-11(8(2)3)12(15)14-10-6-9(7-10)13(16)17/h8-11H,4-7H2,1-3H3,(H,14,15)(H,16,17). The Labute approximate surface area is 103 Å². The summed E-state index contributed by atoms with van der Waals surface area (Å²) in [5, 5.41) is 11.7. The molecule has 1 amide bonds. The van der Waals surface area contributed by atoms with E-state index in [2.05, 4.69) is 26.1 Å². The molecule has 1 unspecified atom stereocenters. The van der Waals surface area contributed by atoms with Gasteiger partial charge in [0, 0.05) is 12.0 Å². The van der Waals surface area contributed by atoms with Gasteiger partial charge in [0.15, 0.2) is 0 Å². The predicted molar refractivity (Wildman–Crippen MR) is 65.5 cm³/mol. The first kappa shape index (κ1) is 14.0. The Balaban J connectivity index is 2.36. The molecular weight excluding hydrogens is 218 g/mol. The highest BCUT2D eigenvalue weighted by atomic mass is 16.4. The normalized spacial score (nSPS) is 25.2. The molecule has 1 aliphatic rings. The van der Waals surface area contributed by atoms with E-state index in [1.54, 1.807) is 0 Å². The minimum Gasteiger partial charge on any atom is -0.481 e. The fourth-order valence-corrected chi connectivity index (χ4v) is 2.32. The summed E-state index contributed by atoms with van der Waals surface area (Å²) in [6.45, 7) is 6.19. The van der Waals surface area contributed by atoms with Crippen molar-refractivity contribution < 1.29 is 14.7 Å². The number of hydrogen-bond acceptors (Lipinski definition) is 2. The number of carbonyl (C=O) groups excluding carboxylic acids is 1. The lowest BCUT2D eigenvalue weighted by molar-refractivity contribution is -0.146. The van der Waals surface area contributed by atoms with Crippen molar-refractivity contribution in [2.24, 2.45) is 17.8 Å². The molecule has 0 aromatic rings. The Morgan fingerprint density at radius 1 is 1.35 bits per heavy atom. The largest absolute Gasteiger partial charge is 0.481 e. The molecule has 1 rings (SSSR count). The van der Waals surface area contributed by atoms with Crippen LogP contribution >= 0.6 is 0 Å². The first-order valence-corrected chi connectivity index (χ1v) is 6.48. The monoisotopic (exact) mass is 241 g/mol. The molecule has 98 valence electrons. The third kappa shape index (κ3) is 3.72. The fraction of sp³-hybridized carbons (Fsp3) is 0.846. The summed E-state index contributed by atoms with van der Waals surface area (Å²) < 4.78 is 0.